The van der Waals surface area contributed by atoms with E-state index in [0.29, 0.717) is 28.9 Å². The molecule has 5 rings (SSSR count). The summed E-state index contributed by atoms with van der Waals surface area (Å²) in [6.45, 7) is 2.87. The fourth-order valence-corrected chi connectivity index (χ4v) is 4.97. The van der Waals surface area contributed by atoms with Gasteiger partial charge in [0.1, 0.15) is 0 Å². The summed E-state index contributed by atoms with van der Waals surface area (Å²) in [5, 5.41) is 11.8. The maximum Gasteiger partial charge on any atom is 0.229 e. The van der Waals surface area contributed by atoms with Gasteiger partial charge in [-0.05, 0) is 81.4 Å². The maximum atomic E-state index is 12.5. The topological polar surface area (TPSA) is 90.0 Å². The van der Waals surface area contributed by atoms with Crippen LogP contribution in [0.2, 0.25) is 5.02 Å². The van der Waals surface area contributed by atoms with Crippen molar-refractivity contribution in [2.45, 2.75) is 25.7 Å². The number of halogens is 1. The summed E-state index contributed by atoms with van der Waals surface area (Å²) in [5.74, 6) is 0.476. The van der Waals surface area contributed by atoms with E-state index in [2.05, 4.69) is 43.6 Å². The summed E-state index contributed by atoms with van der Waals surface area (Å²) < 4.78 is 0. The molecule has 1 aliphatic rings. The van der Waals surface area contributed by atoms with Gasteiger partial charge >= 0.3 is 0 Å². The fourth-order valence-electron chi connectivity index (χ4n) is 4.72. The van der Waals surface area contributed by atoms with Crippen molar-refractivity contribution in [3.05, 3.63) is 71.4 Å². The zero-order valence-electron chi connectivity index (χ0n) is 21.7. The van der Waals surface area contributed by atoms with Crippen LogP contribution in [-0.4, -0.2) is 64.6 Å². The minimum atomic E-state index is 0.0205. The van der Waals surface area contributed by atoms with Crippen molar-refractivity contribution in [1.82, 2.24) is 25.1 Å². The number of nitrogens with zero attached hydrogens (tertiary/aromatic N) is 5. The number of piperidine rings is 1. The summed E-state index contributed by atoms with van der Waals surface area (Å²) in [6.07, 6.45) is 9.19. The Morgan fingerprint density at radius 1 is 1.13 bits per heavy atom. The Hall–Kier alpha value is -3.75. The molecular weight excluding hydrogens is 498 g/mol. The number of likely N-dealkylation sites (N-methyl/N-ethyl adjacent to an activating group) is 1. The van der Waals surface area contributed by atoms with Gasteiger partial charge in [-0.15, -0.1) is 0 Å². The molecule has 4 aromatic rings. The number of aromatic amines is 1. The van der Waals surface area contributed by atoms with Crippen molar-refractivity contribution in [3.63, 3.8) is 0 Å². The number of H-pyrrole nitrogens is 1. The van der Waals surface area contributed by atoms with E-state index in [1.807, 2.05) is 49.3 Å². The average molecular weight is 530 g/mol. The molecule has 0 bridgehead atoms. The van der Waals surface area contributed by atoms with Crippen LogP contribution in [0.25, 0.3) is 22.3 Å². The average Bonchev–Trinajstić information content (AvgIpc) is 3.37. The fraction of sp³-hybridized carbons (Fsp3) is 0.310. The molecule has 1 saturated heterocycles. The van der Waals surface area contributed by atoms with Crippen LogP contribution in [0, 0.1) is 0 Å². The third-order valence-electron chi connectivity index (χ3n) is 6.52. The number of hydrogen-bond acceptors (Lipinski definition) is 7. The molecule has 38 heavy (non-hydrogen) atoms. The van der Waals surface area contributed by atoms with Gasteiger partial charge in [-0.25, -0.2) is 4.98 Å². The molecule has 1 fully saturated rings. The molecule has 196 valence electrons. The van der Waals surface area contributed by atoms with E-state index in [9.17, 15) is 4.79 Å². The monoisotopic (exact) mass is 529 g/mol. The van der Waals surface area contributed by atoms with Crippen LogP contribution in [-0.2, 0) is 11.2 Å². The Bertz CT molecular complexity index is 1460. The minimum Gasteiger partial charge on any atom is -0.371 e. The first-order valence-corrected chi connectivity index (χ1v) is 13.3. The normalized spacial score (nSPS) is 14.1. The molecule has 8 nitrogen and oxygen atoms in total. The number of carbonyl (C=O) groups excluding carboxylic acids is 1. The van der Waals surface area contributed by atoms with Crippen LogP contribution in [0.4, 0.5) is 17.3 Å². The molecule has 0 unspecified atom stereocenters. The molecule has 1 aliphatic heterocycles. The highest BCUT2D eigenvalue weighted by molar-refractivity contribution is 6.31. The first kappa shape index (κ1) is 25.9. The number of benzene rings is 2. The zero-order valence-corrected chi connectivity index (χ0v) is 22.5. The largest absolute Gasteiger partial charge is 0.371 e. The maximum absolute atomic E-state index is 12.5. The van der Waals surface area contributed by atoms with Gasteiger partial charge in [-0.2, -0.15) is 10.1 Å². The SMILES string of the molecule is CN(C)C/C=C/C(=O)Cc1cc(Cl)cc(-c2nc(Nc3cccc(N4CCCCC4)c3)nc3[nH]ncc23)c1. The van der Waals surface area contributed by atoms with Crippen LogP contribution in [0.3, 0.4) is 0 Å². The Morgan fingerprint density at radius 3 is 2.79 bits per heavy atom. The van der Waals surface area contributed by atoms with Gasteiger partial charge in [0.15, 0.2) is 11.4 Å². The number of ketones is 1. The molecule has 2 aromatic heterocycles. The van der Waals surface area contributed by atoms with E-state index < -0.39 is 0 Å². The van der Waals surface area contributed by atoms with Crippen molar-refractivity contribution < 1.29 is 4.79 Å². The number of aromatic nitrogens is 4. The van der Waals surface area contributed by atoms with Gasteiger partial charge in [0, 0.05) is 48.0 Å². The van der Waals surface area contributed by atoms with E-state index in [1.165, 1.54) is 24.9 Å². The molecule has 0 saturated carbocycles. The minimum absolute atomic E-state index is 0.0205. The lowest BCUT2D eigenvalue weighted by atomic mass is 10.0. The van der Waals surface area contributed by atoms with Gasteiger partial charge in [-0.1, -0.05) is 23.7 Å². The van der Waals surface area contributed by atoms with Gasteiger partial charge in [0.05, 0.1) is 17.3 Å². The second-order valence-electron chi connectivity index (χ2n) is 9.91. The lowest BCUT2D eigenvalue weighted by Gasteiger charge is -2.29. The predicted octanol–water partition coefficient (Wildman–Crippen LogP) is 5.64. The van der Waals surface area contributed by atoms with Gasteiger partial charge in [-0.3, -0.25) is 9.89 Å². The zero-order chi connectivity index (χ0) is 26.5. The molecular formula is C29H32ClN7O. The summed E-state index contributed by atoms with van der Waals surface area (Å²) in [5.41, 5.74) is 5.05. The van der Waals surface area contributed by atoms with Gasteiger partial charge < -0.3 is 15.1 Å². The Kier molecular flexibility index (Phi) is 8.00. The van der Waals surface area contributed by atoms with E-state index in [0.717, 1.165) is 35.3 Å². The molecule has 2 N–H and O–H groups in total. The molecule has 0 radical (unpaired) electrons. The summed E-state index contributed by atoms with van der Waals surface area (Å²) in [4.78, 5) is 26.4. The predicted molar refractivity (Wildman–Crippen MR) is 154 cm³/mol. The standard InChI is InChI=1S/C29H32ClN7O/c1-36(2)11-7-10-25(38)16-20-14-21(17-22(30)15-20)27-26-19-31-35-28(26)34-29(33-27)32-23-8-6-9-24(18-23)37-12-4-3-5-13-37/h6-10,14-15,17-19H,3-5,11-13,16H2,1-2H3,(H2,31,32,33,34,35)/b10-7+. The first-order chi connectivity index (χ1) is 18.4. The van der Waals surface area contributed by atoms with Crippen molar-refractivity contribution in [2.75, 3.05) is 43.9 Å². The second-order valence-corrected chi connectivity index (χ2v) is 10.3. The van der Waals surface area contributed by atoms with Crippen LogP contribution in [0.5, 0.6) is 0 Å². The smallest absolute Gasteiger partial charge is 0.229 e. The number of hydrogen-bond donors (Lipinski definition) is 2. The first-order valence-electron chi connectivity index (χ1n) is 12.9. The van der Waals surface area contributed by atoms with Gasteiger partial charge in [0.25, 0.3) is 0 Å². The van der Waals surface area contributed by atoms with Crippen molar-refractivity contribution in [1.29, 1.82) is 0 Å². The molecule has 0 spiro atoms. The molecule has 0 atom stereocenters. The van der Waals surface area contributed by atoms with Crippen molar-refractivity contribution in [3.8, 4) is 11.3 Å². The summed E-state index contributed by atoms with van der Waals surface area (Å²) in [7, 11) is 3.93. The highest BCUT2D eigenvalue weighted by Gasteiger charge is 2.15. The number of allylic oxidation sites excluding steroid dienone is 1. The molecule has 0 amide bonds. The van der Waals surface area contributed by atoms with Crippen molar-refractivity contribution >= 4 is 45.7 Å². The van der Waals surface area contributed by atoms with Crippen LogP contribution in [0.1, 0.15) is 24.8 Å². The highest BCUT2D eigenvalue weighted by Crippen LogP contribution is 2.31. The lowest BCUT2D eigenvalue weighted by Crippen LogP contribution is -2.29. The molecule has 3 heterocycles. The quantitative estimate of drug-likeness (QED) is 0.271. The third kappa shape index (κ3) is 6.38. The Morgan fingerprint density at radius 2 is 1.97 bits per heavy atom. The van der Waals surface area contributed by atoms with Gasteiger partial charge in [0.2, 0.25) is 5.95 Å². The molecule has 9 heteroatoms. The van der Waals surface area contributed by atoms with E-state index in [1.54, 1.807) is 12.3 Å². The third-order valence-corrected chi connectivity index (χ3v) is 6.74. The number of rotatable bonds is 9. The summed E-state index contributed by atoms with van der Waals surface area (Å²) >= 11 is 6.49. The van der Waals surface area contributed by atoms with Crippen LogP contribution >= 0.6 is 11.6 Å². The van der Waals surface area contributed by atoms with Crippen molar-refractivity contribution in [2.24, 2.45) is 0 Å². The Balaban J connectivity index is 1.43. The number of nitrogens with one attached hydrogen (secondary N) is 2. The second kappa shape index (κ2) is 11.8. The van der Waals surface area contributed by atoms with E-state index in [4.69, 9.17) is 16.6 Å². The number of anilines is 3. The number of fused-ring (bicyclic) bond motifs is 1. The number of carbonyl (C=O) groups is 1. The van der Waals surface area contributed by atoms with E-state index in [-0.39, 0.29) is 12.2 Å². The Labute approximate surface area is 227 Å². The highest BCUT2D eigenvalue weighted by atomic mass is 35.5. The lowest BCUT2D eigenvalue weighted by molar-refractivity contribution is -0.114. The molecule has 0 aliphatic carbocycles. The molecule has 2 aromatic carbocycles. The summed E-state index contributed by atoms with van der Waals surface area (Å²) in [6, 6.07) is 14.0. The van der Waals surface area contributed by atoms with E-state index >= 15 is 0 Å². The van der Waals surface area contributed by atoms with Crippen LogP contribution < -0.4 is 10.2 Å². The van der Waals surface area contributed by atoms with Crippen LogP contribution in [0.15, 0.2) is 60.8 Å².